The van der Waals surface area contributed by atoms with Crippen molar-refractivity contribution in [1.82, 2.24) is 9.55 Å². The van der Waals surface area contributed by atoms with Gasteiger partial charge in [0.15, 0.2) is 11.8 Å². The van der Waals surface area contributed by atoms with Crippen LogP contribution in [-0.4, -0.2) is 35.7 Å². The van der Waals surface area contributed by atoms with Crippen molar-refractivity contribution in [2.45, 2.75) is 18.8 Å². The average Bonchev–Trinajstić information content (AvgIpc) is 3.06. The molecule has 0 saturated carbocycles. The van der Waals surface area contributed by atoms with E-state index in [9.17, 15) is 5.26 Å². The Kier molecular flexibility index (Phi) is 4.51. The fraction of sp³-hybridized carbons (Fsp3) is 0.238. The van der Waals surface area contributed by atoms with E-state index in [1.165, 1.54) is 0 Å². The number of imidazole rings is 1. The summed E-state index contributed by atoms with van der Waals surface area (Å²) >= 11 is 0. The van der Waals surface area contributed by atoms with E-state index in [1.54, 1.807) is 14.2 Å². The second-order valence-electron chi connectivity index (χ2n) is 6.61. The van der Waals surface area contributed by atoms with Crippen LogP contribution in [0.15, 0.2) is 54.6 Å². The summed E-state index contributed by atoms with van der Waals surface area (Å²) < 4.78 is 19.2. The second-order valence-corrected chi connectivity index (χ2v) is 6.61. The first kappa shape index (κ1) is 18.0. The molecule has 1 aliphatic rings. The number of nitrogens with zero attached hydrogens (tertiary/aromatic N) is 3. The summed E-state index contributed by atoms with van der Waals surface area (Å²) in [6.07, 6.45) is 3.29. The maximum atomic E-state index is 9.23. The fourth-order valence-corrected chi connectivity index (χ4v) is 3.65. The molecule has 4 rings (SSSR count). The Morgan fingerprint density at radius 1 is 1.14 bits per heavy atom. The monoisotopic (exact) mass is 376 g/mol. The van der Waals surface area contributed by atoms with E-state index in [0.29, 0.717) is 11.7 Å². The summed E-state index contributed by atoms with van der Waals surface area (Å²) in [5, 5.41) is 11.9. The van der Waals surface area contributed by atoms with Gasteiger partial charge >= 0.3 is 0 Å². The smallest absolute Gasteiger partial charge is 0.222 e. The molecule has 0 fully saturated rings. The number of nitriles is 1. The highest BCUT2D eigenvalue weighted by Gasteiger charge is 2.40. The molecule has 1 aliphatic heterocycles. The van der Waals surface area contributed by atoms with Crippen molar-refractivity contribution in [3.05, 3.63) is 60.2 Å². The molecule has 2 aromatic carbocycles. The lowest BCUT2D eigenvalue weighted by atomic mass is 9.96. The van der Waals surface area contributed by atoms with Crippen LogP contribution < -0.4 is 10.1 Å². The molecule has 0 radical (unpaired) electrons. The minimum absolute atomic E-state index is 0.431. The Bertz CT molecular complexity index is 1090. The molecule has 0 saturated heterocycles. The van der Waals surface area contributed by atoms with Crippen LogP contribution in [0.25, 0.3) is 16.7 Å². The van der Waals surface area contributed by atoms with Gasteiger partial charge in [-0.05, 0) is 37.3 Å². The topological polar surface area (TPSA) is 81.3 Å². The van der Waals surface area contributed by atoms with Crippen LogP contribution in [0.5, 0.6) is 5.75 Å². The Morgan fingerprint density at radius 2 is 1.86 bits per heavy atom. The van der Waals surface area contributed by atoms with Crippen LogP contribution in [0.1, 0.15) is 12.5 Å². The van der Waals surface area contributed by atoms with E-state index in [0.717, 1.165) is 22.3 Å². The van der Waals surface area contributed by atoms with Gasteiger partial charge in [-0.2, -0.15) is 5.26 Å². The molecule has 142 valence electrons. The number of hydrogen-bond acceptors (Lipinski definition) is 6. The van der Waals surface area contributed by atoms with Crippen LogP contribution in [0.4, 0.5) is 5.95 Å². The normalized spacial score (nSPS) is 18.3. The number of rotatable bonds is 5. The molecule has 0 aliphatic carbocycles. The number of nitrogens with one attached hydrogen (secondary N) is 1. The van der Waals surface area contributed by atoms with Crippen LogP contribution in [0, 0.1) is 11.5 Å². The molecule has 2 heterocycles. The molecular formula is C21H20N4O3. The Morgan fingerprint density at radius 3 is 2.61 bits per heavy atom. The van der Waals surface area contributed by atoms with Gasteiger partial charge in [0.1, 0.15) is 5.75 Å². The summed E-state index contributed by atoms with van der Waals surface area (Å²) in [4.78, 5) is 4.57. The largest absolute Gasteiger partial charge is 0.477 e. The van der Waals surface area contributed by atoms with E-state index >= 15 is 0 Å². The zero-order valence-electron chi connectivity index (χ0n) is 15.8. The summed E-state index contributed by atoms with van der Waals surface area (Å²) in [6, 6.07) is 15.5. The zero-order chi connectivity index (χ0) is 19.7. The molecule has 1 atom stereocenters. The highest BCUT2D eigenvalue weighted by Crippen LogP contribution is 2.41. The summed E-state index contributed by atoms with van der Waals surface area (Å²) in [6.45, 7) is 1.90. The average molecular weight is 376 g/mol. The van der Waals surface area contributed by atoms with Crippen LogP contribution in [0.3, 0.4) is 0 Å². The van der Waals surface area contributed by atoms with Gasteiger partial charge in [-0.25, -0.2) is 4.98 Å². The van der Waals surface area contributed by atoms with Gasteiger partial charge in [0, 0.05) is 19.8 Å². The third-order valence-corrected chi connectivity index (χ3v) is 4.78. The van der Waals surface area contributed by atoms with E-state index in [1.807, 2.05) is 72.3 Å². The van der Waals surface area contributed by atoms with Gasteiger partial charge in [0.2, 0.25) is 12.2 Å². The molecule has 1 aromatic heterocycles. The van der Waals surface area contributed by atoms with E-state index in [2.05, 4.69) is 10.3 Å². The maximum absolute atomic E-state index is 9.23. The molecular weight excluding hydrogens is 356 g/mol. The minimum atomic E-state index is -0.886. The first-order valence-electron chi connectivity index (χ1n) is 8.81. The van der Waals surface area contributed by atoms with Crippen molar-refractivity contribution in [2.24, 2.45) is 0 Å². The van der Waals surface area contributed by atoms with Gasteiger partial charge < -0.3 is 14.2 Å². The van der Waals surface area contributed by atoms with Gasteiger partial charge in [0.25, 0.3) is 0 Å². The molecule has 7 nitrogen and oxygen atoms in total. The number of ether oxygens (including phenoxy) is 3. The second kappa shape index (κ2) is 7.00. The SMILES string of the molecule is COC(OC)C1(C)C=C(n2c(NC#N)nc3ccccc32)c2ccccc2O1. The third kappa shape index (κ3) is 2.80. The van der Waals surface area contributed by atoms with Gasteiger partial charge in [0.05, 0.1) is 16.7 Å². The van der Waals surface area contributed by atoms with Gasteiger partial charge in [-0.15, -0.1) is 0 Å². The molecule has 0 bridgehead atoms. The molecule has 3 aromatic rings. The zero-order valence-corrected chi connectivity index (χ0v) is 15.8. The van der Waals surface area contributed by atoms with Crippen molar-refractivity contribution >= 4 is 22.7 Å². The number of fused-ring (bicyclic) bond motifs is 2. The molecule has 7 heteroatoms. The van der Waals surface area contributed by atoms with Gasteiger partial charge in [-0.1, -0.05) is 24.3 Å². The molecule has 0 spiro atoms. The molecule has 1 unspecified atom stereocenters. The first-order chi connectivity index (χ1) is 13.6. The van der Waals surface area contributed by atoms with Crippen molar-refractivity contribution in [1.29, 1.82) is 5.26 Å². The van der Waals surface area contributed by atoms with Gasteiger partial charge in [-0.3, -0.25) is 9.88 Å². The summed E-state index contributed by atoms with van der Waals surface area (Å²) in [7, 11) is 3.15. The molecule has 0 amide bonds. The number of benzene rings is 2. The predicted octanol–water partition coefficient (Wildman–Crippen LogP) is 3.59. The predicted molar refractivity (Wildman–Crippen MR) is 106 cm³/mol. The number of para-hydroxylation sites is 3. The maximum Gasteiger partial charge on any atom is 0.222 e. The van der Waals surface area contributed by atoms with E-state index in [4.69, 9.17) is 14.2 Å². The Balaban J connectivity index is 2.01. The third-order valence-electron chi connectivity index (χ3n) is 4.78. The first-order valence-corrected chi connectivity index (χ1v) is 8.81. The van der Waals surface area contributed by atoms with Crippen molar-refractivity contribution in [3.63, 3.8) is 0 Å². The lowest BCUT2D eigenvalue weighted by Gasteiger charge is -2.38. The summed E-state index contributed by atoms with van der Waals surface area (Å²) in [5.41, 5.74) is 2.48. The molecule has 28 heavy (non-hydrogen) atoms. The summed E-state index contributed by atoms with van der Waals surface area (Å²) in [5.74, 6) is 1.13. The van der Waals surface area contributed by atoms with Crippen molar-refractivity contribution < 1.29 is 14.2 Å². The van der Waals surface area contributed by atoms with Crippen molar-refractivity contribution in [3.8, 4) is 11.9 Å². The Hall–Kier alpha value is -3.34. The lowest BCUT2D eigenvalue weighted by molar-refractivity contribution is -0.180. The fourth-order valence-electron chi connectivity index (χ4n) is 3.65. The van der Waals surface area contributed by atoms with Crippen molar-refractivity contribution in [2.75, 3.05) is 19.5 Å². The highest BCUT2D eigenvalue weighted by atomic mass is 16.7. The Labute approximate surface area is 162 Å². The lowest BCUT2D eigenvalue weighted by Crippen LogP contribution is -2.47. The van der Waals surface area contributed by atoms with Crippen LogP contribution in [-0.2, 0) is 9.47 Å². The number of hydrogen-bond donors (Lipinski definition) is 1. The van der Waals surface area contributed by atoms with E-state index in [-0.39, 0.29) is 0 Å². The number of anilines is 1. The molecule has 1 N–H and O–H groups in total. The van der Waals surface area contributed by atoms with E-state index < -0.39 is 11.9 Å². The quantitative estimate of drug-likeness (QED) is 0.416. The standard InChI is InChI=1S/C21H20N4O3/c1-21(19(26-2)27-3)12-17(14-8-4-7-11-18(14)28-21)25-16-10-6-5-9-15(16)24-20(25)23-13-22/h4-12,19H,1-3H3,(H,23,24). The minimum Gasteiger partial charge on any atom is -0.477 e. The van der Waals surface area contributed by atoms with Crippen LogP contribution >= 0.6 is 0 Å². The highest BCUT2D eigenvalue weighted by molar-refractivity contribution is 5.88. The van der Waals surface area contributed by atoms with Crippen LogP contribution in [0.2, 0.25) is 0 Å². The number of methoxy groups -OCH3 is 2. The number of aromatic nitrogens is 2.